The molecule has 0 saturated heterocycles. The van der Waals surface area contributed by atoms with Gasteiger partial charge in [-0.3, -0.25) is 4.79 Å². The Bertz CT molecular complexity index is 834. The van der Waals surface area contributed by atoms with Crippen molar-refractivity contribution in [2.45, 2.75) is 44.0 Å². The highest BCUT2D eigenvalue weighted by atomic mass is 32.2. The first-order chi connectivity index (χ1) is 12.3. The second-order valence-electron chi connectivity index (χ2n) is 6.09. The van der Waals surface area contributed by atoms with Crippen molar-refractivity contribution in [3.8, 4) is 0 Å². The number of nitrogens with one attached hydrogen (secondary N) is 2. The minimum atomic E-state index is -3.91. The Morgan fingerprint density at radius 1 is 1.08 bits per heavy atom. The maximum atomic E-state index is 12.9. The third-order valence-corrected chi connectivity index (χ3v) is 5.45. The highest BCUT2D eigenvalue weighted by molar-refractivity contribution is 7.89. The summed E-state index contributed by atoms with van der Waals surface area (Å²) in [5, 5.41) is 2.68. The largest absolute Gasteiger partial charge is 0.325 e. The monoisotopic (exact) mass is 378 g/mol. The number of anilines is 1. The van der Waals surface area contributed by atoms with Crippen molar-refractivity contribution < 1.29 is 17.6 Å². The van der Waals surface area contributed by atoms with Gasteiger partial charge in [-0.2, -0.15) is 4.72 Å². The van der Waals surface area contributed by atoms with E-state index in [1.165, 1.54) is 12.5 Å². The molecule has 2 N–H and O–H groups in total. The number of sulfonamides is 1. The zero-order chi connectivity index (χ0) is 19.2. The summed E-state index contributed by atoms with van der Waals surface area (Å²) >= 11 is 0. The van der Waals surface area contributed by atoms with Crippen LogP contribution in [0.2, 0.25) is 0 Å². The van der Waals surface area contributed by atoms with E-state index in [2.05, 4.69) is 17.0 Å². The molecule has 1 amide bonds. The van der Waals surface area contributed by atoms with Gasteiger partial charge >= 0.3 is 0 Å². The molecule has 0 unspecified atom stereocenters. The van der Waals surface area contributed by atoms with Crippen molar-refractivity contribution in [1.82, 2.24) is 4.72 Å². The topological polar surface area (TPSA) is 75.3 Å². The van der Waals surface area contributed by atoms with Gasteiger partial charge in [-0.25, -0.2) is 12.8 Å². The predicted octanol–water partition coefficient (Wildman–Crippen LogP) is 3.47. The normalized spacial score (nSPS) is 12.6. The fourth-order valence-corrected chi connectivity index (χ4v) is 3.56. The Morgan fingerprint density at radius 3 is 2.27 bits per heavy atom. The summed E-state index contributed by atoms with van der Waals surface area (Å²) in [7, 11) is -3.91. The summed E-state index contributed by atoms with van der Waals surface area (Å²) in [4.78, 5) is 12.1. The van der Waals surface area contributed by atoms with Gasteiger partial charge in [0.15, 0.2) is 0 Å². The van der Waals surface area contributed by atoms with Gasteiger partial charge in [0.1, 0.15) is 5.82 Å². The molecule has 2 aromatic rings. The number of carbonyl (C=O) groups excluding carboxylic acids is 1. The van der Waals surface area contributed by atoms with Crippen LogP contribution in [0.25, 0.3) is 0 Å². The minimum Gasteiger partial charge on any atom is -0.325 e. The number of hydrogen-bond acceptors (Lipinski definition) is 3. The summed E-state index contributed by atoms with van der Waals surface area (Å²) in [6, 6.07) is 10.9. The van der Waals surface area contributed by atoms with E-state index in [0.29, 0.717) is 5.69 Å². The molecule has 0 aliphatic carbocycles. The lowest BCUT2D eigenvalue weighted by Crippen LogP contribution is -2.41. The lowest BCUT2D eigenvalue weighted by atomic mass is 10.1. The van der Waals surface area contributed by atoms with Crippen LogP contribution in [-0.2, 0) is 21.2 Å². The number of halogens is 1. The summed E-state index contributed by atoms with van der Waals surface area (Å²) in [5.41, 5.74) is 1.79. The van der Waals surface area contributed by atoms with Crippen LogP contribution >= 0.6 is 0 Å². The molecule has 0 bridgehead atoms. The highest BCUT2D eigenvalue weighted by Gasteiger charge is 2.22. The van der Waals surface area contributed by atoms with Crippen LogP contribution in [-0.4, -0.2) is 20.4 Å². The quantitative estimate of drug-likeness (QED) is 0.738. The molecule has 0 aliphatic rings. The number of rotatable bonds is 8. The number of amides is 1. The van der Waals surface area contributed by atoms with Crippen molar-refractivity contribution in [2.24, 2.45) is 0 Å². The van der Waals surface area contributed by atoms with Gasteiger partial charge in [0.05, 0.1) is 10.9 Å². The number of benzene rings is 2. The van der Waals surface area contributed by atoms with Crippen LogP contribution in [0.4, 0.5) is 10.1 Å². The molecule has 5 nitrogen and oxygen atoms in total. The van der Waals surface area contributed by atoms with Crippen LogP contribution in [0, 0.1) is 5.82 Å². The molecular formula is C19H23FN2O3S. The summed E-state index contributed by atoms with van der Waals surface area (Å²) < 4.78 is 39.7. The Balaban J connectivity index is 1.97. The molecule has 140 valence electrons. The molecule has 7 heteroatoms. The molecular weight excluding hydrogens is 355 g/mol. The lowest BCUT2D eigenvalue weighted by molar-refractivity contribution is -0.117. The summed E-state index contributed by atoms with van der Waals surface area (Å²) in [6.45, 7) is 3.58. The van der Waals surface area contributed by atoms with E-state index in [4.69, 9.17) is 0 Å². The Hall–Kier alpha value is -2.25. The average molecular weight is 378 g/mol. The fourth-order valence-electron chi connectivity index (χ4n) is 2.35. The smallest absolute Gasteiger partial charge is 0.242 e. The van der Waals surface area contributed by atoms with E-state index in [-0.39, 0.29) is 4.90 Å². The molecule has 26 heavy (non-hydrogen) atoms. The van der Waals surface area contributed by atoms with Gasteiger partial charge in [0, 0.05) is 5.69 Å². The number of aryl methyl sites for hydroxylation is 1. The average Bonchev–Trinajstić information content (AvgIpc) is 2.61. The molecule has 0 saturated carbocycles. The molecule has 2 rings (SSSR count). The molecule has 1 atom stereocenters. The Labute approximate surface area is 153 Å². The fraction of sp³-hybridized carbons (Fsp3) is 0.316. The number of unbranched alkanes of at least 4 members (excludes halogenated alkanes) is 1. The molecule has 0 radical (unpaired) electrons. The van der Waals surface area contributed by atoms with Gasteiger partial charge in [-0.05, 0) is 61.7 Å². The molecule has 0 aromatic heterocycles. The molecule has 0 aliphatic heterocycles. The minimum absolute atomic E-state index is 0.0983. The van der Waals surface area contributed by atoms with Crippen molar-refractivity contribution in [2.75, 3.05) is 5.32 Å². The van der Waals surface area contributed by atoms with E-state index in [9.17, 15) is 17.6 Å². The van der Waals surface area contributed by atoms with Crippen LogP contribution in [0.5, 0.6) is 0 Å². The second-order valence-corrected chi connectivity index (χ2v) is 7.80. The molecule has 0 fully saturated rings. The second kappa shape index (κ2) is 8.91. The van der Waals surface area contributed by atoms with Crippen LogP contribution < -0.4 is 10.0 Å². The van der Waals surface area contributed by atoms with Crippen LogP contribution in [0.1, 0.15) is 32.3 Å². The number of carbonyl (C=O) groups is 1. The van der Waals surface area contributed by atoms with Gasteiger partial charge in [-0.1, -0.05) is 25.5 Å². The molecule has 0 spiro atoms. The van der Waals surface area contributed by atoms with Crippen molar-refractivity contribution >= 4 is 21.6 Å². The maximum absolute atomic E-state index is 12.9. The van der Waals surface area contributed by atoms with Crippen molar-refractivity contribution in [3.05, 3.63) is 59.9 Å². The third-order valence-electron chi connectivity index (χ3n) is 3.89. The lowest BCUT2D eigenvalue weighted by Gasteiger charge is -2.15. The molecule has 0 heterocycles. The maximum Gasteiger partial charge on any atom is 0.242 e. The first-order valence-corrected chi connectivity index (χ1v) is 9.98. The standard InChI is InChI=1S/C19H23FN2O3S/c1-3-4-5-15-6-10-17(11-7-15)21-19(23)14(2)22-26(24,25)18-12-8-16(20)9-13-18/h6-14,22H,3-5H2,1-2H3,(H,21,23)/t14-/m0/s1. The SMILES string of the molecule is CCCCc1ccc(NC(=O)[C@H](C)NS(=O)(=O)c2ccc(F)cc2)cc1. The Morgan fingerprint density at radius 2 is 1.69 bits per heavy atom. The highest BCUT2D eigenvalue weighted by Crippen LogP contribution is 2.13. The first kappa shape index (κ1) is 20.1. The zero-order valence-electron chi connectivity index (χ0n) is 14.8. The van der Waals surface area contributed by atoms with Crippen molar-refractivity contribution in [1.29, 1.82) is 0 Å². The van der Waals surface area contributed by atoms with E-state index in [1.807, 2.05) is 12.1 Å². The summed E-state index contributed by atoms with van der Waals surface area (Å²) in [5.74, 6) is -1.01. The van der Waals surface area contributed by atoms with Gasteiger partial charge in [0.2, 0.25) is 15.9 Å². The van der Waals surface area contributed by atoms with E-state index in [0.717, 1.165) is 43.5 Å². The third kappa shape index (κ3) is 5.64. The predicted molar refractivity (Wildman–Crippen MR) is 99.9 cm³/mol. The van der Waals surface area contributed by atoms with Crippen LogP contribution in [0.3, 0.4) is 0 Å². The first-order valence-electron chi connectivity index (χ1n) is 8.49. The van der Waals surface area contributed by atoms with Crippen molar-refractivity contribution in [3.63, 3.8) is 0 Å². The van der Waals surface area contributed by atoms with Crippen LogP contribution in [0.15, 0.2) is 53.4 Å². The van der Waals surface area contributed by atoms with E-state index in [1.54, 1.807) is 12.1 Å². The van der Waals surface area contributed by atoms with Gasteiger partial charge in [0.25, 0.3) is 0 Å². The Kier molecular flexibility index (Phi) is 6.88. The van der Waals surface area contributed by atoms with Gasteiger partial charge < -0.3 is 5.32 Å². The van der Waals surface area contributed by atoms with Gasteiger partial charge in [-0.15, -0.1) is 0 Å². The van der Waals surface area contributed by atoms with E-state index < -0.39 is 27.8 Å². The van der Waals surface area contributed by atoms with E-state index >= 15 is 0 Å². The zero-order valence-corrected chi connectivity index (χ0v) is 15.6. The molecule has 2 aromatic carbocycles. The summed E-state index contributed by atoms with van der Waals surface area (Å²) in [6.07, 6.45) is 3.21. The number of hydrogen-bond donors (Lipinski definition) is 2.